The molecule has 2 aromatic rings. The fourth-order valence-electron chi connectivity index (χ4n) is 2.10. The molecule has 4 nitrogen and oxygen atoms in total. The predicted octanol–water partition coefficient (Wildman–Crippen LogP) is 3.64. The van der Waals surface area contributed by atoms with Gasteiger partial charge in [0.2, 0.25) is 5.91 Å². The first-order valence-electron chi connectivity index (χ1n) is 7.24. The van der Waals surface area contributed by atoms with Crippen LogP contribution in [-0.4, -0.2) is 17.1 Å². The third kappa shape index (κ3) is 4.73. The summed E-state index contributed by atoms with van der Waals surface area (Å²) in [6.07, 6.45) is -4.46. The van der Waals surface area contributed by atoms with Gasteiger partial charge in [-0.2, -0.15) is 13.2 Å². The van der Waals surface area contributed by atoms with Crippen LogP contribution in [0.25, 0.3) is 0 Å². The molecule has 0 aromatic heterocycles. The summed E-state index contributed by atoms with van der Waals surface area (Å²) in [5, 5.41) is 14.5. The average Bonchev–Trinajstić information content (AvgIpc) is 2.54. The molecule has 0 saturated carbocycles. The zero-order valence-corrected chi connectivity index (χ0v) is 12.9. The van der Waals surface area contributed by atoms with Crippen molar-refractivity contribution in [2.45, 2.75) is 25.7 Å². The molecule has 1 atom stereocenters. The van der Waals surface area contributed by atoms with Gasteiger partial charge in [-0.3, -0.25) is 4.79 Å². The summed E-state index contributed by atoms with van der Waals surface area (Å²) in [7, 11) is 0. The molecule has 7 heteroatoms. The lowest BCUT2D eigenvalue weighted by Crippen LogP contribution is -2.32. The second kappa shape index (κ2) is 7.35. The van der Waals surface area contributed by atoms with Crippen LogP contribution in [0.2, 0.25) is 0 Å². The lowest BCUT2D eigenvalue weighted by atomic mass is 10.1. The number of rotatable bonds is 5. The van der Waals surface area contributed by atoms with Crippen LogP contribution in [0.4, 0.5) is 24.5 Å². The molecule has 24 heavy (non-hydrogen) atoms. The van der Waals surface area contributed by atoms with Crippen molar-refractivity contribution >= 4 is 17.3 Å². The van der Waals surface area contributed by atoms with Crippen molar-refractivity contribution in [1.29, 1.82) is 0 Å². The van der Waals surface area contributed by atoms with Crippen LogP contribution < -0.4 is 10.6 Å². The smallest absolute Gasteiger partial charge is 0.392 e. The first-order chi connectivity index (χ1) is 11.3. The van der Waals surface area contributed by atoms with Crippen LogP contribution in [-0.2, 0) is 17.6 Å². The van der Waals surface area contributed by atoms with E-state index in [9.17, 15) is 18.0 Å². The molecule has 1 unspecified atom stereocenters. The number of aliphatic hydroxyl groups excluding tert-OH is 1. The number of alkyl halides is 3. The Morgan fingerprint density at radius 1 is 1.12 bits per heavy atom. The molecule has 0 aliphatic rings. The summed E-state index contributed by atoms with van der Waals surface area (Å²) < 4.78 is 38.0. The molecule has 2 rings (SSSR count). The van der Waals surface area contributed by atoms with Crippen LogP contribution in [0.3, 0.4) is 0 Å². The summed E-state index contributed by atoms with van der Waals surface area (Å²) >= 11 is 0. The molecule has 0 fully saturated rings. The number of carbonyl (C=O) groups excluding carboxylic acids is 1. The summed E-state index contributed by atoms with van der Waals surface area (Å²) in [4.78, 5) is 12.1. The molecule has 0 bridgehead atoms. The highest BCUT2D eigenvalue weighted by Crippen LogP contribution is 2.30. The summed E-state index contributed by atoms with van der Waals surface area (Å²) in [5.74, 6) is -0.469. The van der Waals surface area contributed by atoms with Gasteiger partial charge in [-0.05, 0) is 42.8 Å². The van der Waals surface area contributed by atoms with E-state index in [4.69, 9.17) is 5.11 Å². The minimum absolute atomic E-state index is 0.0765. The maximum absolute atomic E-state index is 12.7. The summed E-state index contributed by atoms with van der Waals surface area (Å²) in [5.41, 5.74) is 0.572. The molecule has 128 valence electrons. The van der Waals surface area contributed by atoms with E-state index in [-0.39, 0.29) is 12.3 Å². The third-order valence-corrected chi connectivity index (χ3v) is 3.34. The van der Waals surface area contributed by atoms with Gasteiger partial charge in [-0.15, -0.1) is 0 Å². The Morgan fingerprint density at radius 2 is 1.79 bits per heavy atom. The predicted molar refractivity (Wildman–Crippen MR) is 85.5 cm³/mol. The van der Waals surface area contributed by atoms with Crippen molar-refractivity contribution < 1.29 is 23.1 Å². The van der Waals surface area contributed by atoms with E-state index in [1.54, 1.807) is 31.2 Å². The molecule has 0 heterocycles. The lowest BCUT2D eigenvalue weighted by molar-refractivity contribution is -0.137. The Labute approximate surface area is 137 Å². The monoisotopic (exact) mass is 338 g/mol. The van der Waals surface area contributed by atoms with Gasteiger partial charge in [0.15, 0.2) is 0 Å². The number of benzene rings is 2. The van der Waals surface area contributed by atoms with Crippen molar-refractivity contribution in [3.05, 3.63) is 59.7 Å². The Bertz CT molecular complexity index is 717. The number of aliphatic hydroxyl groups is 1. The van der Waals surface area contributed by atoms with Gasteiger partial charge >= 0.3 is 6.18 Å². The quantitative estimate of drug-likeness (QED) is 0.780. The molecular formula is C17H17F3N2O2. The van der Waals surface area contributed by atoms with E-state index in [1.807, 2.05) is 0 Å². The van der Waals surface area contributed by atoms with E-state index < -0.39 is 23.7 Å². The van der Waals surface area contributed by atoms with E-state index in [1.165, 1.54) is 12.1 Å². The lowest BCUT2D eigenvalue weighted by Gasteiger charge is -2.16. The van der Waals surface area contributed by atoms with E-state index in [0.717, 1.165) is 12.1 Å². The number of amides is 1. The minimum Gasteiger partial charge on any atom is -0.392 e. The van der Waals surface area contributed by atoms with Crippen molar-refractivity contribution in [2.24, 2.45) is 0 Å². The molecule has 0 aliphatic heterocycles. The van der Waals surface area contributed by atoms with Gasteiger partial charge < -0.3 is 15.7 Å². The molecular weight excluding hydrogens is 321 g/mol. The van der Waals surface area contributed by atoms with Crippen molar-refractivity contribution in [1.82, 2.24) is 0 Å². The largest absolute Gasteiger partial charge is 0.416 e. The van der Waals surface area contributed by atoms with E-state index in [0.29, 0.717) is 11.3 Å². The Morgan fingerprint density at radius 3 is 2.46 bits per heavy atom. The zero-order chi connectivity index (χ0) is 17.7. The van der Waals surface area contributed by atoms with Gasteiger partial charge in [0.1, 0.15) is 6.04 Å². The Hall–Kier alpha value is -2.54. The van der Waals surface area contributed by atoms with Gasteiger partial charge in [-0.1, -0.05) is 18.2 Å². The zero-order valence-electron chi connectivity index (χ0n) is 12.9. The SMILES string of the molecule is CC(Nc1cccc(CO)c1)C(=O)Nc1cccc(C(F)(F)F)c1. The third-order valence-electron chi connectivity index (χ3n) is 3.34. The van der Waals surface area contributed by atoms with Crippen molar-refractivity contribution in [3.63, 3.8) is 0 Å². The maximum Gasteiger partial charge on any atom is 0.416 e. The Kier molecular flexibility index (Phi) is 5.46. The number of carbonyl (C=O) groups is 1. The summed E-state index contributed by atoms with van der Waals surface area (Å²) in [6, 6.07) is 10.7. The molecule has 0 radical (unpaired) electrons. The highest BCUT2D eigenvalue weighted by Gasteiger charge is 2.30. The van der Waals surface area contributed by atoms with Crippen LogP contribution in [0.5, 0.6) is 0 Å². The second-order valence-corrected chi connectivity index (χ2v) is 5.29. The normalized spacial score (nSPS) is 12.5. The summed E-state index contributed by atoms with van der Waals surface area (Å²) in [6.45, 7) is 1.47. The molecule has 3 N–H and O–H groups in total. The van der Waals surface area contributed by atoms with Gasteiger partial charge in [-0.25, -0.2) is 0 Å². The average molecular weight is 338 g/mol. The highest BCUT2D eigenvalue weighted by molar-refractivity contribution is 5.96. The number of hydrogen-bond donors (Lipinski definition) is 3. The number of nitrogens with one attached hydrogen (secondary N) is 2. The first kappa shape index (κ1) is 17.8. The van der Waals surface area contributed by atoms with Crippen LogP contribution in [0.1, 0.15) is 18.1 Å². The molecule has 0 saturated heterocycles. The van der Waals surface area contributed by atoms with Crippen LogP contribution in [0.15, 0.2) is 48.5 Å². The van der Waals surface area contributed by atoms with Crippen molar-refractivity contribution in [2.75, 3.05) is 10.6 Å². The van der Waals surface area contributed by atoms with E-state index in [2.05, 4.69) is 10.6 Å². The fourth-order valence-corrected chi connectivity index (χ4v) is 2.10. The highest BCUT2D eigenvalue weighted by atomic mass is 19.4. The van der Waals surface area contributed by atoms with Crippen LogP contribution >= 0.6 is 0 Å². The molecule has 0 aliphatic carbocycles. The molecule has 0 spiro atoms. The topological polar surface area (TPSA) is 61.4 Å². The number of hydrogen-bond acceptors (Lipinski definition) is 3. The van der Waals surface area contributed by atoms with Gasteiger partial charge in [0, 0.05) is 11.4 Å². The van der Waals surface area contributed by atoms with Crippen molar-refractivity contribution in [3.8, 4) is 0 Å². The maximum atomic E-state index is 12.7. The minimum atomic E-state index is -4.46. The number of halogens is 3. The fraction of sp³-hybridized carbons (Fsp3) is 0.235. The first-order valence-corrected chi connectivity index (χ1v) is 7.24. The van der Waals surface area contributed by atoms with Gasteiger partial charge in [0.05, 0.1) is 12.2 Å². The van der Waals surface area contributed by atoms with Crippen LogP contribution in [0, 0.1) is 0 Å². The molecule has 1 amide bonds. The van der Waals surface area contributed by atoms with E-state index >= 15 is 0 Å². The second-order valence-electron chi connectivity index (χ2n) is 5.29. The standard InChI is InChI=1S/C17H17F3N2O2/c1-11(21-14-6-2-4-12(8-14)10-23)16(24)22-15-7-3-5-13(9-15)17(18,19)20/h2-9,11,21,23H,10H2,1H3,(H,22,24). The van der Waals surface area contributed by atoms with Gasteiger partial charge in [0.25, 0.3) is 0 Å². The molecule has 2 aromatic carbocycles. The Balaban J connectivity index is 2.03. The number of anilines is 2.